The van der Waals surface area contributed by atoms with E-state index in [2.05, 4.69) is 10.2 Å². The fourth-order valence-electron chi connectivity index (χ4n) is 3.36. The zero-order valence-electron chi connectivity index (χ0n) is 14.1. The van der Waals surface area contributed by atoms with E-state index in [9.17, 15) is 8.42 Å². The van der Waals surface area contributed by atoms with Crippen molar-refractivity contribution in [1.82, 2.24) is 14.5 Å². The van der Waals surface area contributed by atoms with Crippen LogP contribution in [-0.4, -0.2) is 70.0 Å². The van der Waals surface area contributed by atoms with Crippen molar-refractivity contribution in [1.29, 1.82) is 5.26 Å². The molecule has 1 unspecified atom stereocenters. The molecule has 1 aromatic rings. The van der Waals surface area contributed by atoms with Gasteiger partial charge in [0, 0.05) is 45.3 Å². The minimum absolute atomic E-state index is 0. The molecule has 138 valence electrons. The van der Waals surface area contributed by atoms with Gasteiger partial charge in [0.05, 0.1) is 18.7 Å². The first-order chi connectivity index (χ1) is 11.6. The fourth-order valence-corrected chi connectivity index (χ4v) is 4.99. The Labute approximate surface area is 155 Å². The maximum Gasteiger partial charge on any atom is 0.246 e. The van der Waals surface area contributed by atoms with Gasteiger partial charge in [-0.15, -0.1) is 12.4 Å². The lowest BCUT2D eigenvalue weighted by Gasteiger charge is -2.32. The largest absolute Gasteiger partial charge is 0.495 e. The second kappa shape index (κ2) is 8.34. The first-order valence-electron chi connectivity index (χ1n) is 8.09. The molecule has 2 saturated heterocycles. The molecule has 1 atom stereocenters. The van der Waals surface area contributed by atoms with Crippen molar-refractivity contribution < 1.29 is 13.2 Å². The summed E-state index contributed by atoms with van der Waals surface area (Å²) in [5.41, 5.74) is 0.380. The summed E-state index contributed by atoms with van der Waals surface area (Å²) < 4.78 is 32.7. The summed E-state index contributed by atoms with van der Waals surface area (Å²) in [6.07, 6.45) is 0.845. The average Bonchev–Trinajstić information content (AvgIpc) is 3.13. The van der Waals surface area contributed by atoms with Crippen molar-refractivity contribution in [3.05, 3.63) is 23.8 Å². The number of piperazine rings is 1. The zero-order chi connectivity index (χ0) is 17.2. The smallest absolute Gasteiger partial charge is 0.246 e. The van der Waals surface area contributed by atoms with E-state index >= 15 is 0 Å². The van der Waals surface area contributed by atoms with Crippen LogP contribution in [0.15, 0.2) is 23.1 Å². The molecule has 0 spiro atoms. The first-order valence-corrected chi connectivity index (χ1v) is 9.53. The zero-order valence-corrected chi connectivity index (χ0v) is 15.8. The van der Waals surface area contributed by atoms with E-state index in [-0.39, 0.29) is 29.1 Å². The van der Waals surface area contributed by atoms with Gasteiger partial charge in [0.15, 0.2) is 0 Å². The summed E-state index contributed by atoms with van der Waals surface area (Å²) in [5, 5.41) is 12.3. The Bertz CT molecular complexity index is 744. The lowest BCUT2D eigenvalue weighted by molar-refractivity contribution is 0.179. The molecule has 25 heavy (non-hydrogen) atoms. The standard InChI is InChI=1S/C16H22N4O3S.ClH/c1-23-15-10-13(11-17)2-3-16(15)24(21,22)20-7-4-14(12-20)19-8-5-18-6-9-19;/h2-3,10,14,18H,4-9,12H2,1H3;1H. The van der Waals surface area contributed by atoms with Crippen LogP contribution in [0.3, 0.4) is 0 Å². The van der Waals surface area contributed by atoms with Crippen molar-refractivity contribution in [3.8, 4) is 11.8 Å². The third kappa shape index (κ3) is 4.07. The van der Waals surface area contributed by atoms with Gasteiger partial charge in [-0.25, -0.2) is 8.42 Å². The maximum absolute atomic E-state index is 13.0. The number of hydrogen-bond donors (Lipinski definition) is 1. The van der Waals surface area contributed by atoms with Crippen molar-refractivity contribution in [2.75, 3.05) is 46.4 Å². The monoisotopic (exact) mass is 386 g/mol. The molecule has 2 aliphatic heterocycles. The van der Waals surface area contributed by atoms with Gasteiger partial charge in [-0.1, -0.05) is 0 Å². The summed E-state index contributed by atoms with van der Waals surface area (Å²) in [4.78, 5) is 2.49. The highest BCUT2D eigenvalue weighted by Crippen LogP contribution is 2.30. The summed E-state index contributed by atoms with van der Waals surface area (Å²) in [5.74, 6) is 0.222. The Morgan fingerprint density at radius 2 is 2.00 bits per heavy atom. The molecule has 7 nitrogen and oxygen atoms in total. The van der Waals surface area contributed by atoms with Gasteiger partial charge in [0.1, 0.15) is 10.6 Å². The van der Waals surface area contributed by atoms with Crippen molar-refractivity contribution in [2.45, 2.75) is 17.4 Å². The molecule has 1 N–H and O–H groups in total. The summed E-state index contributed by atoms with van der Waals surface area (Å²) in [7, 11) is -2.20. The van der Waals surface area contributed by atoms with Crippen LogP contribution in [0.5, 0.6) is 5.75 Å². The van der Waals surface area contributed by atoms with Gasteiger partial charge in [-0.2, -0.15) is 9.57 Å². The van der Waals surface area contributed by atoms with Gasteiger partial charge < -0.3 is 10.1 Å². The van der Waals surface area contributed by atoms with E-state index in [4.69, 9.17) is 10.00 Å². The minimum atomic E-state index is -3.62. The van der Waals surface area contributed by atoms with Gasteiger partial charge in [0.2, 0.25) is 10.0 Å². The number of rotatable bonds is 4. The number of methoxy groups -OCH3 is 1. The third-order valence-corrected chi connectivity index (χ3v) is 6.61. The number of nitriles is 1. The number of hydrogen-bond acceptors (Lipinski definition) is 6. The molecule has 9 heteroatoms. The van der Waals surface area contributed by atoms with Crippen LogP contribution in [-0.2, 0) is 10.0 Å². The number of nitrogens with one attached hydrogen (secondary N) is 1. The molecule has 0 saturated carbocycles. The van der Waals surface area contributed by atoms with E-state index in [1.54, 1.807) is 0 Å². The molecule has 3 rings (SSSR count). The van der Waals surface area contributed by atoms with Crippen LogP contribution in [0.2, 0.25) is 0 Å². The Morgan fingerprint density at radius 1 is 1.28 bits per heavy atom. The van der Waals surface area contributed by atoms with E-state index in [1.807, 2.05) is 6.07 Å². The van der Waals surface area contributed by atoms with E-state index in [0.717, 1.165) is 32.6 Å². The molecule has 1 aromatic carbocycles. The first kappa shape index (κ1) is 19.9. The summed E-state index contributed by atoms with van der Waals surface area (Å²) >= 11 is 0. The molecule has 2 fully saturated rings. The van der Waals surface area contributed by atoms with Crippen LogP contribution in [0.1, 0.15) is 12.0 Å². The van der Waals surface area contributed by atoms with Crippen molar-refractivity contribution in [3.63, 3.8) is 0 Å². The maximum atomic E-state index is 13.0. The highest BCUT2D eigenvalue weighted by atomic mass is 35.5. The highest BCUT2D eigenvalue weighted by molar-refractivity contribution is 7.89. The normalized spacial score (nSPS) is 22.2. The minimum Gasteiger partial charge on any atom is -0.495 e. The molecule has 2 heterocycles. The predicted octanol–water partition coefficient (Wildman–Crippen LogP) is 0.657. The van der Waals surface area contributed by atoms with E-state index < -0.39 is 10.0 Å². The van der Waals surface area contributed by atoms with E-state index in [0.29, 0.717) is 18.7 Å². The topological polar surface area (TPSA) is 85.7 Å². The Hall–Kier alpha value is -1.37. The van der Waals surface area contributed by atoms with Crippen molar-refractivity contribution in [2.24, 2.45) is 0 Å². The molecular weight excluding hydrogens is 364 g/mol. The van der Waals surface area contributed by atoms with E-state index in [1.165, 1.54) is 29.6 Å². The van der Waals surface area contributed by atoms with Gasteiger partial charge in [-0.3, -0.25) is 4.90 Å². The number of sulfonamides is 1. The summed E-state index contributed by atoms with van der Waals surface area (Å²) in [6, 6.07) is 6.71. The second-order valence-corrected chi connectivity index (χ2v) is 7.98. The molecular formula is C16H23ClN4O3S. The summed E-state index contributed by atoms with van der Waals surface area (Å²) in [6.45, 7) is 4.84. The van der Waals surface area contributed by atoms with Gasteiger partial charge in [-0.05, 0) is 24.6 Å². The SMILES string of the molecule is COc1cc(C#N)ccc1S(=O)(=O)N1CCC(N2CCNCC2)C1.Cl. The molecule has 0 amide bonds. The van der Waals surface area contributed by atoms with Crippen LogP contribution in [0.25, 0.3) is 0 Å². The highest BCUT2D eigenvalue weighted by Gasteiger charge is 2.36. The Morgan fingerprint density at radius 3 is 2.64 bits per heavy atom. The number of ether oxygens (including phenoxy) is 1. The lowest BCUT2D eigenvalue weighted by atomic mass is 10.2. The molecule has 0 bridgehead atoms. The Kier molecular flexibility index (Phi) is 6.65. The van der Waals surface area contributed by atoms with Crippen molar-refractivity contribution >= 4 is 22.4 Å². The Balaban J connectivity index is 0.00000225. The number of nitrogens with zero attached hydrogens (tertiary/aromatic N) is 3. The molecule has 0 aromatic heterocycles. The van der Waals surface area contributed by atoms with Gasteiger partial charge >= 0.3 is 0 Å². The predicted molar refractivity (Wildman–Crippen MR) is 96.6 cm³/mol. The van der Waals surface area contributed by atoms with Crippen LogP contribution in [0, 0.1) is 11.3 Å². The number of halogens is 1. The number of benzene rings is 1. The van der Waals surface area contributed by atoms with Gasteiger partial charge in [0.25, 0.3) is 0 Å². The van der Waals surface area contributed by atoms with Crippen LogP contribution in [0.4, 0.5) is 0 Å². The second-order valence-electron chi connectivity index (χ2n) is 6.07. The van der Waals surface area contributed by atoms with Crippen LogP contribution < -0.4 is 10.1 Å². The van der Waals surface area contributed by atoms with Crippen LogP contribution >= 0.6 is 12.4 Å². The third-order valence-electron chi connectivity index (χ3n) is 4.70. The molecule has 0 aliphatic carbocycles. The lowest BCUT2D eigenvalue weighted by Crippen LogP contribution is -2.49. The quantitative estimate of drug-likeness (QED) is 0.818. The fraction of sp³-hybridized carbons (Fsp3) is 0.562. The molecule has 2 aliphatic rings. The molecule has 0 radical (unpaired) electrons. The average molecular weight is 387 g/mol.